The Morgan fingerprint density at radius 1 is 1.42 bits per heavy atom. The van der Waals surface area contributed by atoms with Crippen LogP contribution in [-0.4, -0.2) is 29.5 Å². The summed E-state index contributed by atoms with van der Waals surface area (Å²) in [4.78, 5) is 2.44. The molecule has 0 radical (unpaired) electrons. The van der Waals surface area contributed by atoms with Crippen LogP contribution in [0.3, 0.4) is 0 Å². The van der Waals surface area contributed by atoms with Crippen LogP contribution in [0.5, 0.6) is 0 Å². The number of rotatable bonds is 1. The lowest BCUT2D eigenvalue weighted by Gasteiger charge is -2.33. The molecule has 0 N–H and O–H groups in total. The molecule has 2 heteroatoms. The number of likely N-dealkylation sites (N-methyl/N-ethyl adjacent to an activating group) is 1. The SMILES string of the molecule is CC=C1C(=C2CC(CC)CSC2C)C(C)(C)CN1C. The molecule has 2 unspecified atom stereocenters. The van der Waals surface area contributed by atoms with E-state index in [-0.39, 0.29) is 0 Å². The van der Waals surface area contributed by atoms with Crippen LogP contribution >= 0.6 is 11.8 Å². The maximum absolute atomic E-state index is 2.44. The minimum Gasteiger partial charge on any atom is -0.374 e. The topological polar surface area (TPSA) is 3.24 Å². The van der Waals surface area contributed by atoms with Crippen LogP contribution < -0.4 is 0 Å². The lowest BCUT2D eigenvalue weighted by Crippen LogP contribution is -2.24. The molecule has 2 saturated heterocycles. The fourth-order valence-corrected chi connectivity index (χ4v) is 5.07. The summed E-state index contributed by atoms with van der Waals surface area (Å²) in [5.41, 5.74) is 5.15. The molecule has 0 spiro atoms. The van der Waals surface area contributed by atoms with E-state index in [1.165, 1.54) is 24.3 Å². The second kappa shape index (κ2) is 5.55. The van der Waals surface area contributed by atoms with E-state index < -0.39 is 0 Å². The van der Waals surface area contributed by atoms with Crippen molar-refractivity contribution in [3.05, 3.63) is 22.9 Å². The minimum absolute atomic E-state index is 0.302. The summed E-state index contributed by atoms with van der Waals surface area (Å²) in [5, 5.41) is 0.693. The van der Waals surface area contributed by atoms with Crippen molar-refractivity contribution in [2.45, 2.75) is 52.7 Å². The van der Waals surface area contributed by atoms with E-state index >= 15 is 0 Å². The van der Waals surface area contributed by atoms with Gasteiger partial charge in [-0.2, -0.15) is 11.8 Å². The molecule has 0 aliphatic carbocycles. The van der Waals surface area contributed by atoms with Crippen molar-refractivity contribution in [3.8, 4) is 0 Å². The molecule has 108 valence electrons. The molecule has 0 aromatic heterocycles. The Morgan fingerprint density at radius 3 is 2.68 bits per heavy atom. The van der Waals surface area contributed by atoms with Gasteiger partial charge in [-0.3, -0.25) is 0 Å². The fraction of sp³-hybridized carbons (Fsp3) is 0.765. The second-order valence-electron chi connectivity index (χ2n) is 6.77. The Bertz CT molecular complexity index is 405. The fourth-order valence-electron chi connectivity index (χ4n) is 3.74. The van der Waals surface area contributed by atoms with Crippen molar-refractivity contribution in [2.75, 3.05) is 19.3 Å². The predicted molar refractivity (Wildman–Crippen MR) is 87.5 cm³/mol. The smallest absolute Gasteiger partial charge is 0.0359 e. The van der Waals surface area contributed by atoms with Gasteiger partial charge in [-0.1, -0.05) is 38.8 Å². The maximum Gasteiger partial charge on any atom is 0.0359 e. The molecule has 2 atom stereocenters. The molecule has 2 aliphatic rings. The van der Waals surface area contributed by atoms with Gasteiger partial charge < -0.3 is 4.90 Å². The first-order valence-electron chi connectivity index (χ1n) is 7.63. The van der Waals surface area contributed by atoms with Crippen LogP contribution in [0, 0.1) is 11.3 Å². The van der Waals surface area contributed by atoms with Crippen molar-refractivity contribution in [1.82, 2.24) is 4.90 Å². The van der Waals surface area contributed by atoms with Gasteiger partial charge in [-0.25, -0.2) is 0 Å². The number of hydrogen-bond donors (Lipinski definition) is 0. The Kier molecular flexibility index (Phi) is 4.39. The molecule has 2 aliphatic heterocycles. The normalized spacial score (nSPS) is 37.2. The van der Waals surface area contributed by atoms with Gasteiger partial charge in [0.1, 0.15) is 0 Å². The summed E-state index contributed by atoms with van der Waals surface area (Å²) in [6.45, 7) is 12.9. The number of hydrogen-bond acceptors (Lipinski definition) is 2. The van der Waals surface area contributed by atoms with Gasteiger partial charge in [0.25, 0.3) is 0 Å². The van der Waals surface area contributed by atoms with Crippen molar-refractivity contribution >= 4 is 11.8 Å². The zero-order valence-electron chi connectivity index (χ0n) is 13.4. The van der Waals surface area contributed by atoms with E-state index in [0.717, 1.165) is 12.5 Å². The van der Waals surface area contributed by atoms with Crippen molar-refractivity contribution in [2.24, 2.45) is 11.3 Å². The first kappa shape index (κ1) is 15.0. The van der Waals surface area contributed by atoms with Gasteiger partial charge in [0.05, 0.1) is 0 Å². The Hall–Kier alpha value is -0.370. The van der Waals surface area contributed by atoms with Gasteiger partial charge >= 0.3 is 0 Å². The van der Waals surface area contributed by atoms with E-state index in [1.54, 1.807) is 11.1 Å². The maximum atomic E-state index is 2.44. The van der Waals surface area contributed by atoms with Gasteiger partial charge in [0, 0.05) is 30.0 Å². The number of nitrogens with zero attached hydrogens (tertiary/aromatic N) is 1. The predicted octanol–water partition coefficient (Wildman–Crippen LogP) is 4.71. The molecular formula is C17H29NS. The summed E-state index contributed by atoms with van der Waals surface area (Å²) < 4.78 is 0. The van der Waals surface area contributed by atoms with Crippen LogP contribution in [0.4, 0.5) is 0 Å². The van der Waals surface area contributed by atoms with Gasteiger partial charge in [0.2, 0.25) is 0 Å². The standard InChI is InChI=1S/C17H29NS/c1-7-13-9-14(12(3)19-10-13)16-15(8-2)18(6)11-17(16,4)5/h8,12-13H,7,9-11H2,1-6H3. The highest BCUT2D eigenvalue weighted by Gasteiger charge is 2.40. The molecule has 2 fully saturated rings. The van der Waals surface area contributed by atoms with Gasteiger partial charge in [-0.05, 0) is 37.5 Å². The van der Waals surface area contributed by atoms with E-state index in [4.69, 9.17) is 0 Å². The Labute approximate surface area is 123 Å². The van der Waals surface area contributed by atoms with Gasteiger partial charge in [-0.15, -0.1) is 0 Å². The molecule has 0 amide bonds. The van der Waals surface area contributed by atoms with Crippen LogP contribution in [0.15, 0.2) is 22.9 Å². The van der Waals surface area contributed by atoms with Crippen molar-refractivity contribution in [1.29, 1.82) is 0 Å². The van der Waals surface area contributed by atoms with Crippen molar-refractivity contribution < 1.29 is 0 Å². The number of likely N-dealkylation sites (tertiary alicyclic amines) is 1. The average molecular weight is 279 g/mol. The van der Waals surface area contributed by atoms with Crippen LogP contribution in [0.2, 0.25) is 0 Å². The zero-order chi connectivity index (χ0) is 14.2. The van der Waals surface area contributed by atoms with E-state index in [2.05, 4.69) is 64.4 Å². The van der Waals surface area contributed by atoms with E-state index in [0.29, 0.717) is 10.7 Å². The largest absolute Gasteiger partial charge is 0.374 e. The summed E-state index contributed by atoms with van der Waals surface area (Å²) >= 11 is 2.16. The minimum atomic E-state index is 0.302. The molecular weight excluding hydrogens is 250 g/mol. The van der Waals surface area contributed by atoms with Crippen LogP contribution in [-0.2, 0) is 0 Å². The monoisotopic (exact) mass is 279 g/mol. The number of thioether (sulfide) groups is 1. The average Bonchev–Trinajstić information content (AvgIpc) is 2.58. The van der Waals surface area contributed by atoms with Crippen molar-refractivity contribution in [3.63, 3.8) is 0 Å². The number of allylic oxidation sites excluding steroid dienone is 2. The van der Waals surface area contributed by atoms with Crippen LogP contribution in [0.25, 0.3) is 0 Å². The Morgan fingerprint density at radius 2 is 2.11 bits per heavy atom. The van der Waals surface area contributed by atoms with Gasteiger partial charge in [0.15, 0.2) is 0 Å². The zero-order valence-corrected chi connectivity index (χ0v) is 14.2. The first-order chi connectivity index (χ1) is 8.90. The molecule has 0 saturated carbocycles. The molecule has 0 aromatic carbocycles. The highest BCUT2D eigenvalue weighted by molar-refractivity contribution is 8.00. The third-order valence-electron chi connectivity index (χ3n) is 4.73. The first-order valence-corrected chi connectivity index (χ1v) is 8.68. The third-order valence-corrected chi connectivity index (χ3v) is 6.18. The molecule has 0 bridgehead atoms. The second-order valence-corrected chi connectivity index (χ2v) is 8.14. The summed E-state index contributed by atoms with van der Waals surface area (Å²) in [5.74, 6) is 2.22. The lowest BCUT2D eigenvalue weighted by molar-refractivity contribution is 0.365. The quantitative estimate of drug-likeness (QED) is 0.684. The lowest BCUT2D eigenvalue weighted by atomic mass is 9.79. The summed E-state index contributed by atoms with van der Waals surface area (Å²) in [6, 6.07) is 0. The van der Waals surface area contributed by atoms with E-state index in [9.17, 15) is 0 Å². The Balaban J connectivity index is 2.47. The molecule has 2 heterocycles. The summed E-state index contributed by atoms with van der Waals surface area (Å²) in [7, 11) is 2.24. The molecule has 19 heavy (non-hydrogen) atoms. The molecule has 2 rings (SSSR count). The third kappa shape index (κ3) is 2.74. The van der Waals surface area contributed by atoms with Crippen LogP contribution in [0.1, 0.15) is 47.5 Å². The highest BCUT2D eigenvalue weighted by atomic mass is 32.2. The summed E-state index contributed by atoms with van der Waals surface area (Å²) in [6.07, 6.45) is 4.94. The van der Waals surface area contributed by atoms with E-state index in [1.807, 2.05) is 0 Å². The molecule has 1 nitrogen and oxygen atoms in total. The molecule has 0 aromatic rings. The highest BCUT2D eigenvalue weighted by Crippen LogP contribution is 2.48.